The number of aromatic nitrogens is 2. The maximum absolute atomic E-state index is 11.7. The van der Waals surface area contributed by atoms with Crippen LogP contribution in [0.2, 0.25) is 10.0 Å². The Labute approximate surface area is 226 Å². The van der Waals surface area contributed by atoms with Crippen molar-refractivity contribution in [2.75, 3.05) is 50.5 Å². The third-order valence-corrected chi connectivity index (χ3v) is 8.35. The van der Waals surface area contributed by atoms with E-state index in [0.29, 0.717) is 67.3 Å². The van der Waals surface area contributed by atoms with Gasteiger partial charge in [-0.05, 0) is 36.4 Å². The number of hydrogen-bond acceptors (Lipinski definition) is 7. The van der Waals surface area contributed by atoms with E-state index in [1.165, 1.54) is 10.6 Å². The van der Waals surface area contributed by atoms with Crippen LogP contribution in [-0.2, 0) is 31.8 Å². The molecule has 12 heteroatoms. The number of imidazole rings is 1. The molecule has 2 fully saturated rings. The lowest BCUT2D eigenvalue weighted by atomic mass is 10.1. The highest BCUT2D eigenvalue weighted by molar-refractivity contribution is 7.88. The molecule has 37 heavy (non-hydrogen) atoms. The molecule has 2 aliphatic heterocycles. The summed E-state index contributed by atoms with van der Waals surface area (Å²) < 4.78 is 45.5. The smallest absolute Gasteiger partial charge is 0.215 e. The standard InChI is InChI=1S/C25H28Cl2N4O5S/c1-37(32,33)31-12-10-30(11-13-31)20-3-5-21(6-4-20)34-15-22-16-35-25(36-22,17-29-9-8-28-18-29)23-7-2-19(26)14-24(23)27/h2-9,14,18,22H,10-13,15-17H2,1H3/t22-,25-/m0/s1. The van der Waals surface area contributed by atoms with Crippen LogP contribution in [0.3, 0.4) is 0 Å². The van der Waals surface area contributed by atoms with Crippen LogP contribution >= 0.6 is 23.2 Å². The monoisotopic (exact) mass is 566 g/mol. The molecule has 0 amide bonds. The largest absolute Gasteiger partial charge is 0.491 e. The molecule has 0 aliphatic carbocycles. The number of halogens is 2. The molecule has 0 saturated carbocycles. The molecular formula is C25H28Cl2N4O5S. The summed E-state index contributed by atoms with van der Waals surface area (Å²) in [7, 11) is -3.15. The zero-order chi connectivity index (χ0) is 26.0. The Morgan fingerprint density at radius 1 is 1.11 bits per heavy atom. The van der Waals surface area contributed by atoms with Gasteiger partial charge in [0.15, 0.2) is 0 Å². The zero-order valence-electron chi connectivity index (χ0n) is 20.3. The van der Waals surface area contributed by atoms with Gasteiger partial charge in [-0.15, -0.1) is 0 Å². The molecular weight excluding hydrogens is 539 g/mol. The van der Waals surface area contributed by atoms with Crippen molar-refractivity contribution >= 4 is 38.9 Å². The summed E-state index contributed by atoms with van der Waals surface area (Å²) >= 11 is 12.6. The van der Waals surface area contributed by atoms with Gasteiger partial charge in [-0.25, -0.2) is 13.4 Å². The SMILES string of the molecule is CS(=O)(=O)N1CCN(c2ccc(OC[C@H]3CO[C@](Cn4ccnc4)(c4ccc(Cl)cc4Cl)O3)cc2)CC1. The number of nitrogens with zero attached hydrogens (tertiary/aromatic N) is 4. The first kappa shape index (κ1) is 26.3. The van der Waals surface area contributed by atoms with Gasteiger partial charge < -0.3 is 23.7 Å². The normalized spacial score (nSPS) is 22.9. The first-order valence-electron chi connectivity index (χ1n) is 11.9. The highest BCUT2D eigenvalue weighted by Gasteiger charge is 2.45. The minimum absolute atomic E-state index is 0.295. The highest BCUT2D eigenvalue weighted by atomic mass is 35.5. The Bertz CT molecular complexity index is 1320. The van der Waals surface area contributed by atoms with Crippen LogP contribution in [0.1, 0.15) is 5.56 Å². The average molecular weight is 567 g/mol. The molecule has 2 aromatic carbocycles. The molecule has 0 unspecified atom stereocenters. The van der Waals surface area contributed by atoms with Crippen LogP contribution in [0, 0.1) is 0 Å². The van der Waals surface area contributed by atoms with Gasteiger partial charge in [-0.3, -0.25) is 0 Å². The van der Waals surface area contributed by atoms with Crippen molar-refractivity contribution in [3.8, 4) is 5.75 Å². The lowest BCUT2D eigenvalue weighted by Gasteiger charge is -2.34. The summed E-state index contributed by atoms with van der Waals surface area (Å²) in [5, 5.41) is 0.993. The summed E-state index contributed by atoms with van der Waals surface area (Å²) in [5.41, 5.74) is 1.72. The predicted octanol–water partition coefficient (Wildman–Crippen LogP) is 3.62. The number of rotatable bonds is 8. The fourth-order valence-corrected chi connectivity index (χ4v) is 5.97. The molecule has 1 aromatic heterocycles. The van der Waals surface area contributed by atoms with Crippen molar-refractivity contribution in [1.82, 2.24) is 13.9 Å². The highest BCUT2D eigenvalue weighted by Crippen LogP contribution is 2.40. The lowest BCUT2D eigenvalue weighted by molar-refractivity contribution is -0.189. The van der Waals surface area contributed by atoms with Gasteiger partial charge in [0, 0.05) is 54.8 Å². The van der Waals surface area contributed by atoms with Crippen LogP contribution in [0.4, 0.5) is 5.69 Å². The Kier molecular flexibility index (Phi) is 7.67. The minimum atomic E-state index is -3.15. The first-order valence-corrected chi connectivity index (χ1v) is 14.5. The van der Waals surface area contributed by atoms with Crippen LogP contribution in [0.25, 0.3) is 0 Å². The lowest BCUT2D eigenvalue weighted by Crippen LogP contribution is -2.48. The van der Waals surface area contributed by atoms with E-state index in [2.05, 4.69) is 9.88 Å². The summed E-state index contributed by atoms with van der Waals surface area (Å²) in [6, 6.07) is 13.0. The van der Waals surface area contributed by atoms with Gasteiger partial charge in [-0.1, -0.05) is 29.3 Å². The van der Waals surface area contributed by atoms with E-state index < -0.39 is 15.8 Å². The molecule has 3 heterocycles. The Hall–Kier alpha value is -2.34. The molecule has 0 N–H and O–H groups in total. The van der Waals surface area contributed by atoms with E-state index in [1.54, 1.807) is 24.7 Å². The summed E-state index contributed by atoms with van der Waals surface area (Å²) in [6.07, 6.45) is 6.16. The second-order valence-electron chi connectivity index (χ2n) is 9.12. The third kappa shape index (κ3) is 6.05. The summed E-state index contributed by atoms with van der Waals surface area (Å²) in [5.74, 6) is -0.396. The molecule has 198 valence electrons. The molecule has 2 saturated heterocycles. The quantitative estimate of drug-likeness (QED) is 0.411. The van der Waals surface area contributed by atoms with Crippen molar-refractivity contribution in [2.24, 2.45) is 0 Å². The van der Waals surface area contributed by atoms with E-state index in [1.807, 2.05) is 41.1 Å². The van der Waals surface area contributed by atoms with Crippen LogP contribution in [0.15, 0.2) is 61.2 Å². The number of anilines is 1. The first-order chi connectivity index (χ1) is 17.7. The Morgan fingerprint density at radius 3 is 2.51 bits per heavy atom. The number of benzene rings is 2. The molecule has 2 aliphatic rings. The van der Waals surface area contributed by atoms with E-state index in [-0.39, 0.29) is 6.10 Å². The Morgan fingerprint density at radius 2 is 1.86 bits per heavy atom. The van der Waals surface area contributed by atoms with Crippen molar-refractivity contribution in [3.05, 3.63) is 76.8 Å². The molecule has 2 atom stereocenters. The third-order valence-electron chi connectivity index (χ3n) is 6.50. The van der Waals surface area contributed by atoms with Gasteiger partial charge in [0.2, 0.25) is 15.8 Å². The fraction of sp³-hybridized carbons (Fsp3) is 0.400. The summed E-state index contributed by atoms with van der Waals surface area (Å²) in [6.45, 7) is 3.24. The molecule has 9 nitrogen and oxygen atoms in total. The molecule has 0 bridgehead atoms. The van der Waals surface area contributed by atoms with Crippen molar-refractivity contribution < 1.29 is 22.6 Å². The van der Waals surface area contributed by atoms with Crippen molar-refractivity contribution in [3.63, 3.8) is 0 Å². The van der Waals surface area contributed by atoms with E-state index in [9.17, 15) is 8.42 Å². The molecule has 5 rings (SSSR count). The fourth-order valence-electron chi connectivity index (χ4n) is 4.60. The van der Waals surface area contributed by atoms with Crippen LogP contribution in [-0.4, -0.2) is 74.0 Å². The summed E-state index contributed by atoms with van der Waals surface area (Å²) in [4.78, 5) is 6.28. The number of sulfonamides is 1. The van der Waals surface area contributed by atoms with Crippen molar-refractivity contribution in [2.45, 2.75) is 18.4 Å². The zero-order valence-corrected chi connectivity index (χ0v) is 22.6. The molecule has 0 spiro atoms. The minimum Gasteiger partial charge on any atom is -0.491 e. The van der Waals surface area contributed by atoms with Gasteiger partial charge in [0.25, 0.3) is 0 Å². The maximum atomic E-state index is 11.7. The average Bonchev–Trinajstić information content (AvgIpc) is 3.53. The van der Waals surface area contributed by atoms with E-state index in [0.717, 1.165) is 5.69 Å². The van der Waals surface area contributed by atoms with Gasteiger partial charge in [0.05, 0.1) is 30.8 Å². The molecule has 3 aromatic rings. The van der Waals surface area contributed by atoms with Gasteiger partial charge >= 0.3 is 0 Å². The number of ether oxygens (including phenoxy) is 3. The van der Waals surface area contributed by atoms with Crippen LogP contribution < -0.4 is 9.64 Å². The number of piperazine rings is 1. The topological polar surface area (TPSA) is 86.1 Å². The second-order valence-corrected chi connectivity index (χ2v) is 11.9. The van der Waals surface area contributed by atoms with Crippen molar-refractivity contribution in [1.29, 1.82) is 0 Å². The van der Waals surface area contributed by atoms with Gasteiger partial charge in [0.1, 0.15) is 18.5 Å². The van der Waals surface area contributed by atoms with E-state index in [4.69, 9.17) is 37.4 Å². The van der Waals surface area contributed by atoms with Gasteiger partial charge in [-0.2, -0.15) is 4.31 Å². The predicted molar refractivity (Wildman–Crippen MR) is 142 cm³/mol. The molecule has 0 radical (unpaired) electrons. The Balaban J connectivity index is 1.21. The van der Waals surface area contributed by atoms with E-state index >= 15 is 0 Å². The second kappa shape index (κ2) is 10.8. The number of hydrogen-bond donors (Lipinski definition) is 0. The maximum Gasteiger partial charge on any atom is 0.215 e. The van der Waals surface area contributed by atoms with Crippen LogP contribution in [0.5, 0.6) is 5.75 Å².